The Morgan fingerprint density at radius 1 is 1.42 bits per heavy atom. The predicted molar refractivity (Wildman–Crippen MR) is 90.3 cm³/mol. The van der Waals surface area contributed by atoms with Crippen molar-refractivity contribution in [3.05, 3.63) is 46.6 Å². The lowest BCUT2D eigenvalue weighted by atomic mass is 10.3. The zero-order valence-electron chi connectivity index (χ0n) is 13.0. The molecule has 1 N–H and O–H groups in total. The van der Waals surface area contributed by atoms with Gasteiger partial charge in [-0.3, -0.25) is 14.9 Å². The number of amides is 1. The molecule has 9 heteroatoms. The summed E-state index contributed by atoms with van der Waals surface area (Å²) in [6, 6.07) is 7.42. The van der Waals surface area contributed by atoms with E-state index in [1.807, 2.05) is 6.92 Å². The fourth-order valence-electron chi connectivity index (χ4n) is 1.71. The minimum absolute atomic E-state index is 0.0791. The molecule has 1 amide bonds. The van der Waals surface area contributed by atoms with Crippen LogP contribution in [0.25, 0.3) is 0 Å². The number of benzene rings is 1. The molecule has 0 unspecified atom stereocenters. The fourth-order valence-corrected chi connectivity index (χ4v) is 2.33. The van der Waals surface area contributed by atoms with E-state index >= 15 is 0 Å². The molecule has 126 valence electrons. The largest absolute Gasteiger partial charge is 0.478 e. The molecule has 0 spiro atoms. The van der Waals surface area contributed by atoms with E-state index in [1.165, 1.54) is 18.2 Å². The van der Waals surface area contributed by atoms with Gasteiger partial charge in [0.25, 0.3) is 5.69 Å². The summed E-state index contributed by atoms with van der Waals surface area (Å²) in [7, 11) is 0. The number of carbonyl (C=O) groups is 1. The third kappa shape index (κ3) is 5.51. The van der Waals surface area contributed by atoms with Crippen LogP contribution >= 0.6 is 11.8 Å². The number of hydrogen-bond donors (Lipinski definition) is 1. The smallest absolute Gasteiger partial charge is 0.271 e. The van der Waals surface area contributed by atoms with E-state index in [2.05, 4.69) is 15.3 Å². The van der Waals surface area contributed by atoms with Gasteiger partial charge in [0.05, 0.1) is 17.3 Å². The summed E-state index contributed by atoms with van der Waals surface area (Å²) in [5.74, 6) is 0.248. The third-order valence-corrected chi connectivity index (χ3v) is 3.60. The SMILES string of the molecule is CCCOc1ccnc(SCC(=O)Nc2cccc([N+](=O)[O-])c2)n1. The molecular weight excluding hydrogens is 332 g/mol. The van der Waals surface area contributed by atoms with Crippen LogP contribution in [-0.4, -0.2) is 33.2 Å². The van der Waals surface area contributed by atoms with Crippen LogP contribution in [0, 0.1) is 10.1 Å². The topological polar surface area (TPSA) is 107 Å². The monoisotopic (exact) mass is 348 g/mol. The summed E-state index contributed by atoms with van der Waals surface area (Å²) in [6.45, 7) is 2.56. The first-order chi connectivity index (χ1) is 11.6. The molecule has 0 fully saturated rings. The fraction of sp³-hybridized carbons (Fsp3) is 0.267. The highest BCUT2D eigenvalue weighted by Gasteiger charge is 2.10. The number of non-ortho nitro benzene ring substituents is 1. The average molecular weight is 348 g/mol. The number of rotatable bonds is 8. The quantitative estimate of drug-likeness (QED) is 0.338. The first-order valence-corrected chi connectivity index (χ1v) is 8.20. The Morgan fingerprint density at radius 2 is 2.25 bits per heavy atom. The van der Waals surface area contributed by atoms with Gasteiger partial charge >= 0.3 is 0 Å². The van der Waals surface area contributed by atoms with Gasteiger partial charge in [-0.25, -0.2) is 4.98 Å². The molecular formula is C15H16N4O4S. The number of aromatic nitrogens is 2. The van der Waals surface area contributed by atoms with Crippen LogP contribution in [0.15, 0.2) is 41.7 Å². The van der Waals surface area contributed by atoms with Crippen LogP contribution in [-0.2, 0) is 4.79 Å². The molecule has 24 heavy (non-hydrogen) atoms. The molecule has 0 bridgehead atoms. The molecule has 0 aliphatic carbocycles. The van der Waals surface area contributed by atoms with Crippen LogP contribution in [0.3, 0.4) is 0 Å². The minimum Gasteiger partial charge on any atom is -0.478 e. The van der Waals surface area contributed by atoms with Gasteiger partial charge in [-0.1, -0.05) is 24.8 Å². The van der Waals surface area contributed by atoms with E-state index in [-0.39, 0.29) is 17.3 Å². The molecule has 0 aliphatic heterocycles. The maximum Gasteiger partial charge on any atom is 0.271 e. The molecule has 8 nitrogen and oxygen atoms in total. The van der Waals surface area contributed by atoms with Crippen LogP contribution < -0.4 is 10.1 Å². The van der Waals surface area contributed by atoms with Crippen LogP contribution in [0.4, 0.5) is 11.4 Å². The van der Waals surface area contributed by atoms with Crippen molar-refractivity contribution in [2.75, 3.05) is 17.7 Å². The van der Waals surface area contributed by atoms with Crippen molar-refractivity contribution in [2.24, 2.45) is 0 Å². The van der Waals surface area contributed by atoms with Crippen molar-refractivity contribution in [3.63, 3.8) is 0 Å². The third-order valence-electron chi connectivity index (χ3n) is 2.74. The Balaban J connectivity index is 1.89. The van der Waals surface area contributed by atoms with E-state index in [1.54, 1.807) is 18.3 Å². The van der Waals surface area contributed by atoms with Gasteiger partial charge < -0.3 is 10.1 Å². The second kappa shape index (κ2) is 8.82. The summed E-state index contributed by atoms with van der Waals surface area (Å²) in [6.07, 6.45) is 2.44. The highest BCUT2D eigenvalue weighted by molar-refractivity contribution is 7.99. The van der Waals surface area contributed by atoms with Gasteiger partial charge in [0.15, 0.2) is 5.16 Å². The lowest BCUT2D eigenvalue weighted by Crippen LogP contribution is -2.14. The summed E-state index contributed by atoms with van der Waals surface area (Å²) >= 11 is 1.16. The van der Waals surface area contributed by atoms with Gasteiger partial charge in [-0.05, 0) is 12.5 Å². The number of nitrogens with one attached hydrogen (secondary N) is 1. The summed E-state index contributed by atoms with van der Waals surface area (Å²) < 4.78 is 5.41. The number of anilines is 1. The Bertz CT molecular complexity index is 726. The Morgan fingerprint density at radius 3 is 3.00 bits per heavy atom. The van der Waals surface area contributed by atoms with E-state index in [9.17, 15) is 14.9 Å². The summed E-state index contributed by atoms with van der Waals surface area (Å²) in [5, 5.41) is 13.8. The molecule has 1 heterocycles. The van der Waals surface area contributed by atoms with E-state index in [4.69, 9.17) is 4.74 Å². The Hall–Kier alpha value is -2.68. The summed E-state index contributed by atoms with van der Waals surface area (Å²) in [4.78, 5) is 30.4. The molecule has 0 atom stereocenters. The van der Waals surface area contributed by atoms with E-state index in [0.717, 1.165) is 18.2 Å². The number of nitrogens with zero attached hydrogens (tertiary/aromatic N) is 3. The number of ether oxygens (including phenoxy) is 1. The molecule has 1 aromatic heterocycles. The van der Waals surface area contributed by atoms with Crippen LogP contribution in [0.2, 0.25) is 0 Å². The van der Waals surface area contributed by atoms with Crippen LogP contribution in [0.1, 0.15) is 13.3 Å². The normalized spacial score (nSPS) is 10.2. The van der Waals surface area contributed by atoms with Gasteiger partial charge in [0, 0.05) is 30.1 Å². The standard InChI is InChI=1S/C15H16N4O4S/c1-2-8-23-14-6-7-16-15(18-14)24-10-13(20)17-11-4-3-5-12(9-11)19(21)22/h3-7,9H,2,8,10H2,1H3,(H,17,20). The second-order valence-corrected chi connectivity index (χ2v) is 5.61. The lowest BCUT2D eigenvalue weighted by molar-refractivity contribution is -0.384. The number of carbonyl (C=O) groups excluding carboxylic acids is 1. The number of nitro benzene ring substituents is 1. The molecule has 0 saturated carbocycles. The van der Waals surface area contributed by atoms with Crippen molar-refractivity contribution in [1.82, 2.24) is 9.97 Å². The highest BCUT2D eigenvalue weighted by Crippen LogP contribution is 2.19. The molecule has 2 rings (SSSR count). The summed E-state index contributed by atoms with van der Waals surface area (Å²) in [5.41, 5.74) is 0.292. The maximum atomic E-state index is 11.9. The zero-order chi connectivity index (χ0) is 17.4. The molecule has 1 aromatic carbocycles. The van der Waals surface area contributed by atoms with Crippen LogP contribution in [0.5, 0.6) is 5.88 Å². The lowest BCUT2D eigenvalue weighted by Gasteiger charge is -2.06. The first-order valence-electron chi connectivity index (χ1n) is 7.21. The van der Waals surface area contributed by atoms with E-state index < -0.39 is 4.92 Å². The predicted octanol–water partition coefficient (Wildman–Crippen LogP) is 2.90. The first kappa shape index (κ1) is 17.7. The van der Waals surface area contributed by atoms with Gasteiger partial charge in [0.2, 0.25) is 11.8 Å². The number of thioether (sulfide) groups is 1. The van der Waals surface area contributed by atoms with Crippen molar-refractivity contribution < 1.29 is 14.5 Å². The van der Waals surface area contributed by atoms with E-state index in [0.29, 0.717) is 23.3 Å². The van der Waals surface area contributed by atoms with Crippen molar-refractivity contribution >= 4 is 29.0 Å². The average Bonchev–Trinajstić information content (AvgIpc) is 2.59. The number of hydrogen-bond acceptors (Lipinski definition) is 7. The van der Waals surface area contributed by atoms with Gasteiger partial charge in [-0.15, -0.1) is 0 Å². The second-order valence-electron chi connectivity index (χ2n) is 4.67. The Labute approximate surface area is 142 Å². The molecule has 0 radical (unpaired) electrons. The van der Waals surface area contributed by atoms with Gasteiger partial charge in [0.1, 0.15) is 0 Å². The zero-order valence-corrected chi connectivity index (χ0v) is 13.8. The van der Waals surface area contributed by atoms with Crippen molar-refractivity contribution in [3.8, 4) is 5.88 Å². The highest BCUT2D eigenvalue weighted by atomic mass is 32.2. The number of nitro groups is 1. The molecule has 2 aromatic rings. The molecule has 0 saturated heterocycles. The maximum absolute atomic E-state index is 11.9. The minimum atomic E-state index is -0.514. The van der Waals surface area contributed by atoms with Crippen molar-refractivity contribution in [1.29, 1.82) is 0 Å². The Kier molecular flexibility index (Phi) is 6.50. The molecule has 0 aliphatic rings. The van der Waals surface area contributed by atoms with Gasteiger partial charge in [-0.2, -0.15) is 4.98 Å². The van der Waals surface area contributed by atoms with Crippen molar-refractivity contribution in [2.45, 2.75) is 18.5 Å².